The number of nitrogens with zero attached hydrogens (tertiary/aromatic N) is 2. The number of hydrogen-bond donors (Lipinski definition) is 2. The minimum atomic E-state index is -1.38. The molecule has 0 bridgehead atoms. The van der Waals surface area contributed by atoms with Gasteiger partial charge in [0.15, 0.2) is 0 Å². The Hall–Kier alpha value is -2.15. The van der Waals surface area contributed by atoms with Gasteiger partial charge in [0.1, 0.15) is 11.0 Å². The number of aliphatic carboxylic acids is 1. The molecule has 2 rings (SSSR count). The molecular formula is C18H26N2O5. The zero-order valence-corrected chi connectivity index (χ0v) is 15.0. The van der Waals surface area contributed by atoms with Crippen LogP contribution in [0.25, 0.3) is 0 Å². The van der Waals surface area contributed by atoms with Crippen LogP contribution < -0.4 is 5.56 Å². The minimum Gasteiger partial charge on any atom is -0.481 e. The van der Waals surface area contributed by atoms with E-state index >= 15 is 0 Å². The molecule has 1 aromatic heterocycles. The molecule has 2 N–H and O–H groups in total. The second kappa shape index (κ2) is 7.39. The first-order valence-electron chi connectivity index (χ1n) is 8.69. The Bertz CT molecular complexity index is 727. The molecule has 7 heteroatoms. The third kappa shape index (κ3) is 3.33. The van der Waals surface area contributed by atoms with Crippen LogP contribution in [0.1, 0.15) is 49.2 Å². The number of aliphatic hydroxyl groups is 1. The normalized spacial score (nSPS) is 23.5. The van der Waals surface area contributed by atoms with Gasteiger partial charge < -0.3 is 19.7 Å². The lowest BCUT2D eigenvalue weighted by atomic mass is 9.74. The summed E-state index contributed by atoms with van der Waals surface area (Å²) in [5.41, 5.74) is -0.935. The van der Waals surface area contributed by atoms with Gasteiger partial charge in [-0.25, -0.2) is 0 Å². The Morgan fingerprint density at radius 2 is 2.00 bits per heavy atom. The van der Waals surface area contributed by atoms with E-state index in [9.17, 15) is 24.6 Å². The lowest BCUT2D eigenvalue weighted by Crippen LogP contribution is -2.57. The first-order chi connectivity index (χ1) is 11.8. The average Bonchev–Trinajstić information content (AvgIpc) is 2.57. The van der Waals surface area contributed by atoms with Crippen LogP contribution in [0.3, 0.4) is 0 Å². The number of pyridine rings is 1. The predicted octanol–water partition coefficient (Wildman–Crippen LogP) is 1.25. The molecule has 138 valence electrons. The maximum atomic E-state index is 12.9. The highest BCUT2D eigenvalue weighted by atomic mass is 16.4. The number of aryl methyl sites for hydroxylation is 1. The number of carboxylic acid groups (broad SMARTS) is 1. The number of carbonyl (C=O) groups is 2. The molecular weight excluding hydrogens is 324 g/mol. The van der Waals surface area contributed by atoms with Crippen molar-refractivity contribution < 1.29 is 19.8 Å². The van der Waals surface area contributed by atoms with Crippen molar-refractivity contribution in [3.63, 3.8) is 0 Å². The lowest BCUT2D eigenvalue weighted by molar-refractivity contribution is -0.162. The van der Waals surface area contributed by atoms with Crippen LogP contribution in [0, 0.1) is 12.3 Å². The molecule has 1 saturated heterocycles. The summed E-state index contributed by atoms with van der Waals surface area (Å²) in [6.45, 7) is 6.08. The van der Waals surface area contributed by atoms with Crippen molar-refractivity contribution in [1.82, 2.24) is 9.47 Å². The molecule has 1 amide bonds. The summed E-state index contributed by atoms with van der Waals surface area (Å²) in [6, 6.07) is 3.22. The molecule has 25 heavy (non-hydrogen) atoms. The molecule has 1 aliphatic rings. The van der Waals surface area contributed by atoms with Gasteiger partial charge in [-0.15, -0.1) is 0 Å². The van der Waals surface area contributed by atoms with Crippen LogP contribution in [0.15, 0.2) is 16.9 Å². The largest absolute Gasteiger partial charge is 0.481 e. The molecule has 0 radical (unpaired) electrons. The number of aliphatic hydroxyl groups excluding tert-OH is 1. The summed E-state index contributed by atoms with van der Waals surface area (Å²) in [5, 5.41) is 19.9. The van der Waals surface area contributed by atoms with Crippen LogP contribution >= 0.6 is 0 Å². The number of carbonyl (C=O) groups excluding carboxylic acids is 1. The second-order valence-corrected chi connectivity index (χ2v) is 6.68. The van der Waals surface area contributed by atoms with Gasteiger partial charge in [0, 0.05) is 25.3 Å². The standard InChI is InChI=1S/C18H26N2O5/c1-4-9-18(17(24)25)11-19(10-8-14(18)21)15(22)13-7-6-12(3)20(5-2)16(13)23/h6-7,14,21H,4-5,8-11H2,1-3H3,(H,24,25)/t14-,18-/m1/s1. The first kappa shape index (κ1) is 19.2. The minimum absolute atomic E-state index is 0.0413. The maximum Gasteiger partial charge on any atom is 0.314 e. The van der Waals surface area contributed by atoms with E-state index in [1.54, 1.807) is 13.0 Å². The maximum absolute atomic E-state index is 12.9. The van der Waals surface area contributed by atoms with Gasteiger partial charge >= 0.3 is 5.97 Å². The summed E-state index contributed by atoms with van der Waals surface area (Å²) in [5.74, 6) is -1.57. The summed E-state index contributed by atoms with van der Waals surface area (Å²) in [7, 11) is 0. The van der Waals surface area contributed by atoms with Crippen molar-refractivity contribution in [2.24, 2.45) is 5.41 Å². The van der Waals surface area contributed by atoms with Crippen LogP contribution in [0.5, 0.6) is 0 Å². The van der Waals surface area contributed by atoms with Gasteiger partial charge in [-0.05, 0) is 38.8 Å². The molecule has 0 aliphatic carbocycles. The van der Waals surface area contributed by atoms with Crippen LogP contribution in [0.2, 0.25) is 0 Å². The van der Waals surface area contributed by atoms with E-state index in [0.717, 1.165) is 5.69 Å². The monoisotopic (exact) mass is 350 g/mol. The third-order valence-electron chi connectivity index (χ3n) is 5.13. The van der Waals surface area contributed by atoms with Crippen molar-refractivity contribution in [3.05, 3.63) is 33.7 Å². The fourth-order valence-electron chi connectivity index (χ4n) is 3.66. The smallest absolute Gasteiger partial charge is 0.314 e. The SMILES string of the molecule is CCC[C@@]1(C(=O)O)CN(C(=O)c2ccc(C)n(CC)c2=O)CC[C@H]1O. The number of hydrogen-bond acceptors (Lipinski definition) is 4. The van der Waals surface area contributed by atoms with Gasteiger partial charge in [0.2, 0.25) is 0 Å². The van der Waals surface area contributed by atoms with Crippen LogP contribution in [0.4, 0.5) is 0 Å². The number of amides is 1. The average molecular weight is 350 g/mol. The van der Waals surface area contributed by atoms with E-state index in [-0.39, 0.29) is 37.1 Å². The van der Waals surface area contributed by atoms with Crippen molar-refractivity contribution >= 4 is 11.9 Å². The molecule has 1 fully saturated rings. The van der Waals surface area contributed by atoms with Crippen LogP contribution in [-0.4, -0.2) is 50.8 Å². The van der Waals surface area contributed by atoms with Gasteiger partial charge in [0.05, 0.1) is 6.10 Å². The zero-order valence-electron chi connectivity index (χ0n) is 15.0. The van der Waals surface area contributed by atoms with E-state index < -0.39 is 23.4 Å². The quantitative estimate of drug-likeness (QED) is 0.833. The number of rotatable bonds is 5. The topological polar surface area (TPSA) is 99.8 Å². The number of carboxylic acids is 1. The predicted molar refractivity (Wildman–Crippen MR) is 92.6 cm³/mol. The van der Waals surface area contributed by atoms with E-state index in [0.29, 0.717) is 13.0 Å². The first-order valence-corrected chi connectivity index (χ1v) is 8.69. The molecule has 0 unspecified atom stereocenters. The van der Waals surface area contributed by atoms with Crippen LogP contribution in [-0.2, 0) is 11.3 Å². The molecule has 1 aliphatic heterocycles. The fraction of sp³-hybridized carbons (Fsp3) is 0.611. The Labute approximate surface area is 146 Å². The Morgan fingerprint density at radius 3 is 2.56 bits per heavy atom. The summed E-state index contributed by atoms with van der Waals surface area (Å²) >= 11 is 0. The summed E-state index contributed by atoms with van der Waals surface area (Å²) in [6.07, 6.45) is 0.0458. The van der Waals surface area contributed by atoms with Gasteiger partial charge in [-0.3, -0.25) is 14.4 Å². The summed E-state index contributed by atoms with van der Waals surface area (Å²) < 4.78 is 1.52. The Kier molecular flexibility index (Phi) is 5.67. The Morgan fingerprint density at radius 1 is 1.32 bits per heavy atom. The lowest BCUT2D eigenvalue weighted by Gasteiger charge is -2.43. The molecule has 2 atom stereocenters. The zero-order chi connectivity index (χ0) is 18.8. The van der Waals surface area contributed by atoms with E-state index in [1.165, 1.54) is 15.5 Å². The van der Waals surface area contributed by atoms with E-state index in [4.69, 9.17) is 0 Å². The molecule has 0 saturated carbocycles. The van der Waals surface area contributed by atoms with Crippen molar-refractivity contribution in [2.45, 2.75) is 52.7 Å². The molecule has 7 nitrogen and oxygen atoms in total. The van der Waals surface area contributed by atoms with Crippen molar-refractivity contribution in [2.75, 3.05) is 13.1 Å². The van der Waals surface area contributed by atoms with E-state index in [2.05, 4.69) is 0 Å². The van der Waals surface area contributed by atoms with Gasteiger partial charge in [-0.2, -0.15) is 0 Å². The highest BCUT2D eigenvalue weighted by molar-refractivity contribution is 5.94. The molecule has 1 aromatic rings. The number of aromatic nitrogens is 1. The molecule has 2 heterocycles. The second-order valence-electron chi connectivity index (χ2n) is 6.68. The molecule has 0 spiro atoms. The van der Waals surface area contributed by atoms with Gasteiger partial charge in [-0.1, -0.05) is 13.3 Å². The van der Waals surface area contributed by atoms with E-state index in [1.807, 2.05) is 13.8 Å². The summed E-state index contributed by atoms with van der Waals surface area (Å²) in [4.78, 5) is 38.6. The fourth-order valence-corrected chi connectivity index (χ4v) is 3.66. The van der Waals surface area contributed by atoms with Crippen molar-refractivity contribution in [3.8, 4) is 0 Å². The third-order valence-corrected chi connectivity index (χ3v) is 5.13. The van der Waals surface area contributed by atoms with Crippen molar-refractivity contribution in [1.29, 1.82) is 0 Å². The number of piperidine rings is 1. The number of likely N-dealkylation sites (tertiary alicyclic amines) is 1. The highest BCUT2D eigenvalue weighted by Gasteiger charge is 2.49. The Balaban J connectivity index is 2.38. The highest BCUT2D eigenvalue weighted by Crippen LogP contribution is 2.35. The van der Waals surface area contributed by atoms with Gasteiger partial charge in [0.25, 0.3) is 11.5 Å². The molecule has 0 aromatic carbocycles.